The number of hydrogen-bond donors (Lipinski definition) is 1. The summed E-state index contributed by atoms with van der Waals surface area (Å²) in [6.45, 7) is 6.14. The third kappa shape index (κ3) is 2.99. The molecule has 3 amide bonds. The molecular weight excluding hydrogens is 268 g/mol. The van der Waals surface area contributed by atoms with Gasteiger partial charge in [-0.25, -0.2) is 14.8 Å². The lowest BCUT2D eigenvalue weighted by Crippen LogP contribution is -2.50. The maximum atomic E-state index is 11.8. The van der Waals surface area contributed by atoms with Crippen molar-refractivity contribution in [3.63, 3.8) is 0 Å². The summed E-state index contributed by atoms with van der Waals surface area (Å²) in [5, 5.41) is 2.28. The van der Waals surface area contributed by atoms with Gasteiger partial charge in [0.25, 0.3) is 0 Å². The summed E-state index contributed by atoms with van der Waals surface area (Å²) in [4.78, 5) is 33.3. The second-order valence-electron chi connectivity index (χ2n) is 4.38. The molecule has 110 valence electrons. The Bertz CT molecular complexity index is 684. The van der Waals surface area contributed by atoms with E-state index in [4.69, 9.17) is 0 Å². The van der Waals surface area contributed by atoms with Gasteiger partial charge in [-0.2, -0.15) is 0 Å². The standard InChI is InChI=1S/C13H12N4O2.C2H6/c1-8-12(17-7-6-11(18)16-13(17)19)15-10-5-3-2-4-9(10)14-8;1-2/h2-5H,6-7H2,1H3,(H,16,18,19);1-2H3. The van der Waals surface area contributed by atoms with Crippen LogP contribution in [0.1, 0.15) is 26.0 Å². The van der Waals surface area contributed by atoms with Crippen molar-refractivity contribution in [3.8, 4) is 0 Å². The summed E-state index contributed by atoms with van der Waals surface area (Å²) >= 11 is 0. The molecule has 1 aromatic heterocycles. The Balaban J connectivity index is 0.000000774. The van der Waals surface area contributed by atoms with Crippen molar-refractivity contribution < 1.29 is 9.59 Å². The van der Waals surface area contributed by atoms with Crippen LogP contribution in [0, 0.1) is 6.92 Å². The van der Waals surface area contributed by atoms with Crippen LogP contribution in [-0.4, -0.2) is 28.5 Å². The fourth-order valence-corrected chi connectivity index (χ4v) is 2.10. The minimum absolute atomic E-state index is 0.257. The second-order valence-corrected chi connectivity index (χ2v) is 4.38. The highest BCUT2D eigenvalue weighted by Crippen LogP contribution is 2.21. The first-order valence-corrected chi connectivity index (χ1v) is 7.00. The Kier molecular flexibility index (Phi) is 4.47. The third-order valence-corrected chi connectivity index (χ3v) is 3.03. The summed E-state index contributed by atoms with van der Waals surface area (Å²) in [7, 11) is 0. The van der Waals surface area contributed by atoms with Crippen LogP contribution in [0.2, 0.25) is 0 Å². The van der Waals surface area contributed by atoms with E-state index in [-0.39, 0.29) is 12.3 Å². The number of urea groups is 1. The number of benzene rings is 1. The van der Waals surface area contributed by atoms with Gasteiger partial charge in [0.05, 0.1) is 16.7 Å². The van der Waals surface area contributed by atoms with Crippen molar-refractivity contribution in [3.05, 3.63) is 30.0 Å². The van der Waals surface area contributed by atoms with Gasteiger partial charge in [0, 0.05) is 13.0 Å². The lowest BCUT2D eigenvalue weighted by atomic mass is 10.2. The number of nitrogens with one attached hydrogen (secondary N) is 1. The van der Waals surface area contributed by atoms with Crippen molar-refractivity contribution in [2.75, 3.05) is 11.4 Å². The molecular formula is C15H18N4O2. The van der Waals surface area contributed by atoms with E-state index < -0.39 is 6.03 Å². The zero-order chi connectivity index (χ0) is 15.4. The molecule has 0 saturated carbocycles. The number of para-hydroxylation sites is 2. The van der Waals surface area contributed by atoms with Gasteiger partial charge in [-0.15, -0.1) is 0 Å². The zero-order valence-electron chi connectivity index (χ0n) is 12.4. The maximum Gasteiger partial charge on any atom is 0.329 e. The molecule has 1 aliphatic rings. The number of carbonyl (C=O) groups is 2. The summed E-state index contributed by atoms with van der Waals surface area (Å²) in [6.07, 6.45) is 0.277. The summed E-state index contributed by atoms with van der Waals surface area (Å²) in [6, 6.07) is 7.04. The Morgan fingerprint density at radius 3 is 2.33 bits per heavy atom. The van der Waals surface area contributed by atoms with Crippen LogP contribution in [0.5, 0.6) is 0 Å². The number of anilines is 1. The van der Waals surface area contributed by atoms with Crippen LogP contribution in [-0.2, 0) is 4.79 Å². The highest BCUT2D eigenvalue weighted by molar-refractivity contribution is 6.05. The number of imide groups is 1. The fourth-order valence-electron chi connectivity index (χ4n) is 2.10. The highest BCUT2D eigenvalue weighted by atomic mass is 16.2. The molecule has 6 nitrogen and oxygen atoms in total. The second kappa shape index (κ2) is 6.30. The molecule has 1 aliphatic heterocycles. The topological polar surface area (TPSA) is 75.2 Å². The highest BCUT2D eigenvalue weighted by Gasteiger charge is 2.26. The zero-order valence-corrected chi connectivity index (χ0v) is 12.4. The van der Waals surface area contributed by atoms with Crippen LogP contribution in [0.3, 0.4) is 0 Å². The first kappa shape index (κ1) is 14.9. The Labute approximate surface area is 123 Å². The molecule has 0 bridgehead atoms. The quantitative estimate of drug-likeness (QED) is 0.873. The lowest BCUT2D eigenvalue weighted by Gasteiger charge is -2.26. The average Bonchev–Trinajstić information content (AvgIpc) is 2.49. The van der Waals surface area contributed by atoms with Crippen molar-refractivity contribution in [1.82, 2.24) is 15.3 Å². The molecule has 0 atom stereocenters. The van der Waals surface area contributed by atoms with E-state index in [2.05, 4.69) is 15.3 Å². The summed E-state index contributed by atoms with van der Waals surface area (Å²) in [5.41, 5.74) is 2.19. The number of fused-ring (bicyclic) bond motifs is 1. The molecule has 6 heteroatoms. The molecule has 0 radical (unpaired) electrons. The number of carbonyl (C=O) groups excluding carboxylic acids is 2. The van der Waals surface area contributed by atoms with E-state index in [1.165, 1.54) is 4.90 Å². The van der Waals surface area contributed by atoms with E-state index in [1.54, 1.807) is 6.92 Å². The predicted octanol–water partition coefficient (Wildman–Crippen LogP) is 2.41. The van der Waals surface area contributed by atoms with Gasteiger partial charge < -0.3 is 0 Å². The van der Waals surface area contributed by atoms with Gasteiger partial charge >= 0.3 is 6.03 Å². The number of hydrogen-bond acceptors (Lipinski definition) is 4. The van der Waals surface area contributed by atoms with Crippen LogP contribution >= 0.6 is 0 Å². The molecule has 1 N–H and O–H groups in total. The molecule has 3 rings (SSSR count). The van der Waals surface area contributed by atoms with E-state index in [9.17, 15) is 9.59 Å². The van der Waals surface area contributed by atoms with E-state index in [0.29, 0.717) is 18.1 Å². The van der Waals surface area contributed by atoms with E-state index in [0.717, 1.165) is 11.0 Å². The van der Waals surface area contributed by atoms with Crippen LogP contribution in [0.25, 0.3) is 11.0 Å². The third-order valence-electron chi connectivity index (χ3n) is 3.03. The molecule has 21 heavy (non-hydrogen) atoms. The largest absolute Gasteiger partial charge is 0.329 e. The van der Waals surface area contributed by atoms with Crippen LogP contribution in [0.4, 0.5) is 10.6 Å². The number of aryl methyl sites for hydroxylation is 1. The van der Waals surface area contributed by atoms with Gasteiger partial charge in [0.2, 0.25) is 5.91 Å². The molecule has 1 aromatic carbocycles. The normalized spacial score (nSPS) is 14.5. The smallest absolute Gasteiger partial charge is 0.278 e. The van der Waals surface area contributed by atoms with Crippen molar-refractivity contribution in [2.24, 2.45) is 0 Å². The predicted molar refractivity (Wildman–Crippen MR) is 81.1 cm³/mol. The maximum absolute atomic E-state index is 11.8. The first-order chi connectivity index (χ1) is 10.1. The average molecular weight is 286 g/mol. The SMILES string of the molecule is CC.Cc1nc2ccccc2nc1N1CCC(=O)NC1=O. The van der Waals surface area contributed by atoms with Gasteiger partial charge in [-0.1, -0.05) is 26.0 Å². The number of rotatable bonds is 1. The summed E-state index contributed by atoms with van der Waals surface area (Å²) < 4.78 is 0. The molecule has 1 saturated heterocycles. The minimum Gasteiger partial charge on any atom is -0.278 e. The molecule has 2 heterocycles. The van der Waals surface area contributed by atoms with Crippen molar-refractivity contribution in [1.29, 1.82) is 0 Å². The van der Waals surface area contributed by atoms with Gasteiger partial charge in [0.15, 0.2) is 5.82 Å². The lowest BCUT2D eigenvalue weighted by molar-refractivity contribution is -0.120. The molecule has 2 aromatic rings. The molecule has 0 unspecified atom stereocenters. The van der Waals surface area contributed by atoms with Crippen LogP contribution in [0.15, 0.2) is 24.3 Å². The van der Waals surface area contributed by atoms with Gasteiger partial charge in [-0.3, -0.25) is 15.0 Å². The number of amides is 3. The monoisotopic (exact) mass is 286 g/mol. The Morgan fingerprint density at radius 2 is 1.71 bits per heavy atom. The molecule has 0 aliphatic carbocycles. The Morgan fingerprint density at radius 1 is 1.10 bits per heavy atom. The van der Waals surface area contributed by atoms with Gasteiger partial charge in [0.1, 0.15) is 0 Å². The molecule has 1 fully saturated rings. The van der Waals surface area contributed by atoms with E-state index in [1.807, 2.05) is 38.1 Å². The number of nitrogens with zero attached hydrogens (tertiary/aromatic N) is 3. The first-order valence-electron chi connectivity index (χ1n) is 7.00. The van der Waals surface area contributed by atoms with Gasteiger partial charge in [-0.05, 0) is 19.1 Å². The minimum atomic E-state index is -0.441. The van der Waals surface area contributed by atoms with Crippen molar-refractivity contribution >= 4 is 28.8 Å². The fraction of sp³-hybridized carbons (Fsp3) is 0.333. The molecule has 0 spiro atoms. The van der Waals surface area contributed by atoms with Crippen LogP contribution < -0.4 is 10.2 Å². The number of aromatic nitrogens is 2. The Hall–Kier alpha value is -2.50. The van der Waals surface area contributed by atoms with E-state index >= 15 is 0 Å². The van der Waals surface area contributed by atoms with Crippen molar-refractivity contribution in [2.45, 2.75) is 27.2 Å². The summed E-state index contributed by atoms with van der Waals surface area (Å²) in [5.74, 6) is 0.247.